The van der Waals surface area contributed by atoms with Gasteiger partial charge in [-0.25, -0.2) is 4.98 Å². The lowest BCUT2D eigenvalue weighted by Crippen LogP contribution is -2.03. The number of rotatable bonds is 2. The molecule has 0 atom stereocenters. The average Bonchev–Trinajstić information content (AvgIpc) is 2.89. The maximum atomic E-state index is 12.5. The van der Waals surface area contributed by atoms with Gasteiger partial charge in [-0.3, -0.25) is 0 Å². The quantitative estimate of drug-likeness (QED) is 0.785. The van der Waals surface area contributed by atoms with E-state index in [0.717, 1.165) is 17.7 Å². The molecule has 0 fully saturated rings. The first-order valence-electron chi connectivity index (χ1n) is 6.23. The fraction of sp³-hybridized carbons (Fsp3) is 0.133. The van der Waals surface area contributed by atoms with Gasteiger partial charge in [-0.1, -0.05) is 12.1 Å². The third kappa shape index (κ3) is 2.62. The molecule has 0 radical (unpaired) electrons. The molecule has 1 N–H and O–H groups in total. The molecule has 21 heavy (non-hydrogen) atoms. The Balaban J connectivity index is 2.00. The molecule has 3 aromatic rings. The van der Waals surface area contributed by atoms with Gasteiger partial charge in [0.25, 0.3) is 0 Å². The second-order valence-corrected chi connectivity index (χ2v) is 4.66. The van der Waals surface area contributed by atoms with E-state index in [2.05, 4.69) is 4.98 Å². The highest BCUT2D eigenvalue weighted by atomic mass is 19.4. The van der Waals surface area contributed by atoms with E-state index in [4.69, 9.17) is 5.11 Å². The number of hydrogen-bond acceptors (Lipinski definition) is 2. The molecule has 108 valence electrons. The normalized spacial score (nSPS) is 12.0. The molecule has 0 saturated heterocycles. The lowest BCUT2D eigenvalue weighted by Gasteiger charge is -2.06. The van der Waals surface area contributed by atoms with Crippen molar-refractivity contribution in [2.24, 2.45) is 0 Å². The molecule has 0 bridgehead atoms. The lowest BCUT2D eigenvalue weighted by molar-refractivity contribution is -0.137. The highest BCUT2D eigenvalue weighted by Crippen LogP contribution is 2.30. The van der Waals surface area contributed by atoms with Crippen LogP contribution in [0.15, 0.2) is 48.8 Å². The van der Waals surface area contributed by atoms with Gasteiger partial charge in [0.2, 0.25) is 0 Å². The summed E-state index contributed by atoms with van der Waals surface area (Å²) < 4.78 is 39.3. The third-order valence-electron chi connectivity index (χ3n) is 3.22. The Labute approximate surface area is 118 Å². The standard InChI is InChI=1S/C15H11F3N2O/c16-15(17,18)12-3-1-11(2-4-12)13-8-20-6-5-10(9-21)7-14(20)19-13/h1-8,21H,9H2. The maximum Gasteiger partial charge on any atom is 0.416 e. The topological polar surface area (TPSA) is 37.5 Å². The molecule has 0 saturated carbocycles. The van der Waals surface area contributed by atoms with Crippen molar-refractivity contribution in [2.45, 2.75) is 12.8 Å². The van der Waals surface area contributed by atoms with Crippen LogP contribution in [0.3, 0.4) is 0 Å². The summed E-state index contributed by atoms with van der Waals surface area (Å²) in [5.74, 6) is 0. The van der Waals surface area contributed by atoms with Crippen molar-refractivity contribution in [1.29, 1.82) is 0 Å². The van der Waals surface area contributed by atoms with Gasteiger partial charge in [0.15, 0.2) is 0 Å². The van der Waals surface area contributed by atoms with E-state index in [1.54, 1.807) is 28.9 Å². The monoisotopic (exact) mass is 292 g/mol. The first-order chi connectivity index (χ1) is 9.97. The predicted molar refractivity (Wildman–Crippen MR) is 71.6 cm³/mol. The summed E-state index contributed by atoms with van der Waals surface area (Å²) in [6, 6.07) is 8.37. The SMILES string of the molecule is OCc1ccn2cc(-c3ccc(C(F)(F)F)cc3)nc2c1. The van der Waals surface area contributed by atoms with Crippen molar-refractivity contribution < 1.29 is 18.3 Å². The highest BCUT2D eigenvalue weighted by molar-refractivity contribution is 5.63. The fourth-order valence-corrected chi connectivity index (χ4v) is 2.09. The second-order valence-electron chi connectivity index (χ2n) is 4.66. The minimum atomic E-state index is -4.34. The van der Waals surface area contributed by atoms with Gasteiger partial charge in [0.05, 0.1) is 17.9 Å². The van der Waals surface area contributed by atoms with Crippen LogP contribution in [-0.4, -0.2) is 14.5 Å². The van der Waals surface area contributed by atoms with Gasteiger partial charge < -0.3 is 9.51 Å². The summed E-state index contributed by atoms with van der Waals surface area (Å²) in [5.41, 5.74) is 1.87. The van der Waals surface area contributed by atoms with Gasteiger partial charge in [0, 0.05) is 18.0 Å². The van der Waals surface area contributed by atoms with Gasteiger partial charge in [-0.2, -0.15) is 13.2 Å². The summed E-state index contributed by atoms with van der Waals surface area (Å²) >= 11 is 0. The molecule has 0 aliphatic carbocycles. The number of benzene rings is 1. The lowest BCUT2D eigenvalue weighted by atomic mass is 10.1. The molecule has 0 unspecified atom stereocenters. The van der Waals surface area contributed by atoms with E-state index in [9.17, 15) is 13.2 Å². The van der Waals surface area contributed by atoms with Crippen LogP contribution in [0.1, 0.15) is 11.1 Å². The Bertz CT molecular complexity index is 776. The van der Waals surface area contributed by atoms with Crippen molar-refractivity contribution in [2.75, 3.05) is 0 Å². The number of nitrogens with zero attached hydrogens (tertiary/aromatic N) is 2. The van der Waals surface area contributed by atoms with Crippen molar-refractivity contribution in [3.8, 4) is 11.3 Å². The minimum Gasteiger partial charge on any atom is -0.392 e. The van der Waals surface area contributed by atoms with Crippen LogP contribution in [0.4, 0.5) is 13.2 Å². The molecule has 0 aliphatic heterocycles. The van der Waals surface area contributed by atoms with Crippen molar-refractivity contribution in [3.63, 3.8) is 0 Å². The Kier molecular flexibility index (Phi) is 3.17. The number of aliphatic hydroxyl groups excluding tert-OH is 1. The van der Waals surface area contributed by atoms with Crippen LogP contribution < -0.4 is 0 Å². The van der Waals surface area contributed by atoms with E-state index in [1.807, 2.05) is 0 Å². The molecule has 2 aromatic heterocycles. The van der Waals surface area contributed by atoms with Gasteiger partial charge in [-0.05, 0) is 29.8 Å². The summed E-state index contributed by atoms with van der Waals surface area (Å²) in [4.78, 5) is 4.35. The number of pyridine rings is 1. The van der Waals surface area contributed by atoms with Crippen molar-refractivity contribution in [3.05, 3.63) is 59.9 Å². The molecule has 0 spiro atoms. The van der Waals surface area contributed by atoms with Crippen LogP contribution in [0.25, 0.3) is 16.9 Å². The highest BCUT2D eigenvalue weighted by Gasteiger charge is 2.30. The first kappa shape index (κ1) is 13.6. The van der Waals surface area contributed by atoms with Gasteiger partial charge >= 0.3 is 6.18 Å². The van der Waals surface area contributed by atoms with E-state index in [-0.39, 0.29) is 6.61 Å². The number of imidazole rings is 1. The molecule has 1 aromatic carbocycles. The van der Waals surface area contributed by atoms with E-state index in [1.165, 1.54) is 12.1 Å². The van der Waals surface area contributed by atoms with E-state index < -0.39 is 11.7 Å². The number of aromatic nitrogens is 2. The minimum absolute atomic E-state index is 0.0844. The molecule has 6 heteroatoms. The molecule has 2 heterocycles. The molecule has 0 aliphatic rings. The Morgan fingerprint density at radius 2 is 1.81 bits per heavy atom. The third-order valence-corrected chi connectivity index (χ3v) is 3.22. The van der Waals surface area contributed by atoms with Crippen LogP contribution in [-0.2, 0) is 12.8 Å². The zero-order valence-electron chi connectivity index (χ0n) is 10.8. The summed E-state index contributed by atoms with van der Waals surface area (Å²) in [5, 5.41) is 9.08. The maximum absolute atomic E-state index is 12.5. The zero-order valence-corrected chi connectivity index (χ0v) is 10.8. The van der Waals surface area contributed by atoms with Crippen molar-refractivity contribution in [1.82, 2.24) is 9.38 Å². The summed E-state index contributed by atoms with van der Waals surface area (Å²) in [7, 11) is 0. The van der Waals surface area contributed by atoms with E-state index in [0.29, 0.717) is 16.9 Å². The van der Waals surface area contributed by atoms with Crippen LogP contribution in [0, 0.1) is 0 Å². The zero-order chi connectivity index (χ0) is 15.0. The smallest absolute Gasteiger partial charge is 0.392 e. The predicted octanol–water partition coefficient (Wildman–Crippen LogP) is 3.51. The molecule has 3 rings (SSSR count). The Morgan fingerprint density at radius 1 is 1.10 bits per heavy atom. The number of fused-ring (bicyclic) bond motifs is 1. The number of alkyl halides is 3. The summed E-state index contributed by atoms with van der Waals surface area (Å²) in [6.45, 7) is -0.0844. The molecular formula is C15H11F3N2O. The van der Waals surface area contributed by atoms with Crippen LogP contribution in [0.5, 0.6) is 0 Å². The molecular weight excluding hydrogens is 281 g/mol. The van der Waals surface area contributed by atoms with Crippen LogP contribution >= 0.6 is 0 Å². The average molecular weight is 292 g/mol. The largest absolute Gasteiger partial charge is 0.416 e. The van der Waals surface area contributed by atoms with Crippen molar-refractivity contribution >= 4 is 5.65 Å². The fourth-order valence-electron chi connectivity index (χ4n) is 2.09. The second kappa shape index (κ2) is 4.89. The molecule has 0 amide bonds. The Hall–Kier alpha value is -2.34. The van der Waals surface area contributed by atoms with Gasteiger partial charge in [0.1, 0.15) is 5.65 Å². The number of aliphatic hydroxyl groups is 1. The Morgan fingerprint density at radius 3 is 2.43 bits per heavy atom. The summed E-state index contributed by atoms with van der Waals surface area (Å²) in [6.07, 6.45) is -0.853. The number of halogens is 3. The van der Waals surface area contributed by atoms with Crippen LogP contribution in [0.2, 0.25) is 0 Å². The molecule has 3 nitrogen and oxygen atoms in total. The van der Waals surface area contributed by atoms with E-state index >= 15 is 0 Å². The first-order valence-corrected chi connectivity index (χ1v) is 6.23. The van der Waals surface area contributed by atoms with Gasteiger partial charge in [-0.15, -0.1) is 0 Å². The number of hydrogen-bond donors (Lipinski definition) is 1.